The van der Waals surface area contributed by atoms with E-state index in [4.69, 9.17) is 0 Å². The Kier molecular flexibility index (Phi) is 7.90. The van der Waals surface area contributed by atoms with Crippen LogP contribution in [0, 0.1) is 19.8 Å². The monoisotopic (exact) mass is 457 g/mol. The first kappa shape index (κ1) is 23.8. The maximum absolute atomic E-state index is 12.6. The van der Waals surface area contributed by atoms with Crippen LogP contribution in [0.15, 0.2) is 47.4 Å². The number of hydrogen-bond acceptors (Lipinski definition) is 4. The Bertz CT molecular complexity index is 1060. The second-order valence-corrected chi connectivity index (χ2v) is 9.99. The van der Waals surface area contributed by atoms with E-state index in [-0.39, 0.29) is 22.6 Å². The van der Waals surface area contributed by atoms with Gasteiger partial charge in [0.15, 0.2) is 0 Å². The summed E-state index contributed by atoms with van der Waals surface area (Å²) < 4.78 is 27.7. The number of aryl methyl sites for hydroxylation is 2. The van der Waals surface area contributed by atoms with Crippen LogP contribution in [0.3, 0.4) is 0 Å². The van der Waals surface area contributed by atoms with Gasteiger partial charge in [0, 0.05) is 30.3 Å². The van der Waals surface area contributed by atoms with E-state index in [1.165, 1.54) is 6.42 Å². The summed E-state index contributed by atoms with van der Waals surface area (Å²) in [6.07, 6.45) is 5.29. The summed E-state index contributed by atoms with van der Waals surface area (Å²) in [5.41, 5.74) is 2.71. The molecule has 1 fully saturated rings. The highest BCUT2D eigenvalue weighted by molar-refractivity contribution is 7.92. The molecular formula is C24H31N3O4S. The molecule has 172 valence electrons. The third kappa shape index (κ3) is 6.32. The third-order valence-corrected chi connectivity index (χ3v) is 7.25. The number of sulfonamides is 1. The van der Waals surface area contributed by atoms with Crippen molar-refractivity contribution in [1.82, 2.24) is 10.6 Å². The van der Waals surface area contributed by atoms with Crippen molar-refractivity contribution in [3.05, 3.63) is 59.2 Å². The molecule has 32 heavy (non-hydrogen) atoms. The van der Waals surface area contributed by atoms with Gasteiger partial charge in [-0.2, -0.15) is 0 Å². The predicted octanol–water partition coefficient (Wildman–Crippen LogP) is 3.53. The molecule has 0 radical (unpaired) electrons. The molecule has 0 saturated heterocycles. The second kappa shape index (κ2) is 10.6. The fourth-order valence-corrected chi connectivity index (χ4v) is 4.90. The Labute approximate surface area is 190 Å². The van der Waals surface area contributed by atoms with E-state index in [1.54, 1.807) is 42.5 Å². The Morgan fingerprint density at radius 1 is 0.875 bits per heavy atom. The number of nitrogens with one attached hydrogen (secondary N) is 3. The quantitative estimate of drug-likeness (QED) is 0.528. The largest absolute Gasteiger partial charge is 0.354 e. The van der Waals surface area contributed by atoms with Gasteiger partial charge in [-0.1, -0.05) is 25.3 Å². The van der Waals surface area contributed by atoms with Gasteiger partial charge in [0.2, 0.25) is 5.91 Å². The Morgan fingerprint density at radius 2 is 1.53 bits per heavy atom. The van der Waals surface area contributed by atoms with Gasteiger partial charge in [-0.3, -0.25) is 14.3 Å². The van der Waals surface area contributed by atoms with Gasteiger partial charge >= 0.3 is 0 Å². The summed E-state index contributed by atoms with van der Waals surface area (Å²) in [7, 11) is -3.71. The molecule has 7 nitrogen and oxygen atoms in total. The van der Waals surface area contributed by atoms with Crippen LogP contribution >= 0.6 is 0 Å². The first-order valence-corrected chi connectivity index (χ1v) is 12.5. The number of carbonyl (C=O) groups excluding carboxylic acids is 2. The van der Waals surface area contributed by atoms with Gasteiger partial charge in [0.05, 0.1) is 4.90 Å². The van der Waals surface area contributed by atoms with Gasteiger partial charge in [0.25, 0.3) is 15.9 Å². The summed E-state index contributed by atoms with van der Waals surface area (Å²) >= 11 is 0. The molecule has 3 rings (SSSR count). The highest BCUT2D eigenvalue weighted by Gasteiger charge is 2.20. The van der Waals surface area contributed by atoms with Crippen LogP contribution in [-0.2, 0) is 14.8 Å². The molecule has 0 unspecified atom stereocenters. The van der Waals surface area contributed by atoms with Crippen LogP contribution in [0.4, 0.5) is 5.69 Å². The fraction of sp³-hybridized carbons (Fsp3) is 0.417. The number of carbonyl (C=O) groups is 2. The van der Waals surface area contributed by atoms with E-state index in [2.05, 4.69) is 15.4 Å². The minimum absolute atomic E-state index is 0.0688. The molecule has 0 bridgehead atoms. The zero-order chi connectivity index (χ0) is 23.1. The van der Waals surface area contributed by atoms with Crippen LogP contribution < -0.4 is 15.4 Å². The van der Waals surface area contributed by atoms with Gasteiger partial charge < -0.3 is 10.6 Å². The highest BCUT2D eigenvalue weighted by Crippen LogP contribution is 2.23. The number of anilines is 1. The van der Waals surface area contributed by atoms with E-state index in [9.17, 15) is 18.0 Å². The molecule has 2 aromatic rings. The highest BCUT2D eigenvalue weighted by atomic mass is 32.2. The molecule has 3 N–H and O–H groups in total. The molecular weight excluding hydrogens is 426 g/mol. The lowest BCUT2D eigenvalue weighted by molar-refractivity contribution is -0.125. The molecule has 0 aromatic heterocycles. The maximum Gasteiger partial charge on any atom is 0.261 e. The van der Waals surface area contributed by atoms with E-state index < -0.39 is 10.0 Å². The molecule has 0 aliphatic heterocycles. The van der Waals surface area contributed by atoms with Crippen molar-refractivity contribution >= 4 is 27.5 Å². The lowest BCUT2D eigenvalue weighted by atomic mass is 9.89. The van der Waals surface area contributed by atoms with Crippen LogP contribution in [0.2, 0.25) is 0 Å². The summed E-state index contributed by atoms with van der Waals surface area (Å²) in [6.45, 7) is 4.50. The van der Waals surface area contributed by atoms with Crippen molar-refractivity contribution in [2.45, 2.75) is 50.8 Å². The average Bonchev–Trinajstić information content (AvgIpc) is 2.79. The van der Waals surface area contributed by atoms with Gasteiger partial charge in [0.1, 0.15) is 0 Å². The topological polar surface area (TPSA) is 104 Å². The summed E-state index contributed by atoms with van der Waals surface area (Å²) in [4.78, 5) is 24.6. The first-order valence-electron chi connectivity index (χ1n) is 11.0. The second-order valence-electron chi connectivity index (χ2n) is 8.31. The summed E-state index contributed by atoms with van der Waals surface area (Å²) in [5, 5.41) is 5.66. The van der Waals surface area contributed by atoms with Gasteiger partial charge in [-0.15, -0.1) is 0 Å². The molecule has 2 amide bonds. The molecule has 0 spiro atoms. The van der Waals surface area contributed by atoms with Crippen molar-refractivity contribution in [1.29, 1.82) is 0 Å². The molecule has 1 aliphatic carbocycles. The van der Waals surface area contributed by atoms with Crippen LogP contribution in [-0.4, -0.2) is 33.3 Å². The molecule has 1 saturated carbocycles. The lowest BCUT2D eigenvalue weighted by Crippen LogP contribution is -2.38. The zero-order valence-electron chi connectivity index (χ0n) is 18.6. The minimum atomic E-state index is -3.71. The van der Waals surface area contributed by atoms with E-state index in [0.717, 1.165) is 36.8 Å². The van der Waals surface area contributed by atoms with E-state index in [1.807, 2.05) is 13.8 Å². The van der Waals surface area contributed by atoms with Crippen molar-refractivity contribution in [3.63, 3.8) is 0 Å². The maximum atomic E-state index is 12.6. The van der Waals surface area contributed by atoms with Crippen LogP contribution in [0.1, 0.15) is 53.6 Å². The third-order valence-electron chi connectivity index (χ3n) is 5.87. The average molecular weight is 458 g/mol. The molecule has 2 aromatic carbocycles. The standard InChI is InChI=1S/C24H31N3O4S/c1-17-8-13-22(16-18(17)2)32(30,31)27-21-11-9-20(10-12-21)24(29)26-15-14-25-23(28)19-6-4-3-5-7-19/h8-13,16,19,27H,3-7,14-15H2,1-2H3,(H,25,28)(H,26,29). The van der Waals surface area contributed by atoms with Crippen molar-refractivity contribution in [2.75, 3.05) is 17.8 Å². The Morgan fingerprint density at radius 3 is 2.19 bits per heavy atom. The lowest BCUT2D eigenvalue weighted by Gasteiger charge is -2.20. The van der Waals surface area contributed by atoms with Crippen LogP contribution in [0.5, 0.6) is 0 Å². The number of benzene rings is 2. The SMILES string of the molecule is Cc1ccc(S(=O)(=O)Nc2ccc(C(=O)NCCNC(=O)C3CCCCC3)cc2)cc1C. The number of amides is 2. The number of rotatable bonds is 8. The molecule has 1 aliphatic rings. The number of hydrogen-bond donors (Lipinski definition) is 3. The molecule has 0 heterocycles. The summed E-state index contributed by atoms with van der Waals surface area (Å²) in [5.74, 6) is -0.112. The van der Waals surface area contributed by atoms with Crippen molar-refractivity contribution < 1.29 is 18.0 Å². The van der Waals surface area contributed by atoms with Gasteiger partial charge in [-0.05, 0) is 74.2 Å². The molecule has 8 heteroatoms. The smallest absolute Gasteiger partial charge is 0.261 e. The fourth-order valence-electron chi connectivity index (χ4n) is 3.76. The van der Waals surface area contributed by atoms with Crippen molar-refractivity contribution in [2.24, 2.45) is 5.92 Å². The summed E-state index contributed by atoms with van der Waals surface area (Å²) in [6, 6.07) is 11.2. The minimum Gasteiger partial charge on any atom is -0.354 e. The van der Waals surface area contributed by atoms with Crippen LogP contribution in [0.25, 0.3) is 0 Å². The predicted molar refractivity (Wildman–Crippen MR) is 125 cm³/mol. The van der Waals surface area contributed by atoms with E-state index in [0.29, 0.717) is 24.3 Å². The zero-order valence-corrected chi connectivity index (χ0v) is 19.4. The van der Waals surface area contributed by atoms with Crippen molar-refractivity contribution in [3.8, 4) is 0 Å². The van der Waals surface area contributed by atoms with E-state index >= 15 is 0 Å². The Balaban J connectivity index is 1.48. The molecule has 0 atom stereocenters. The van der Waals surface area contributed by atoms with Gasteiger partial charge in [-0.25, -0.2) is 8.42 Å². The first-order chi connectivity index (χ1) is 15.3. The Hall–Kier alpha value is -2.87. The normalized spacial score (nSPS) is 14.6.